The molecule has 0 saturated carbocycles. The van der Waals surface area contributed by atoms with E-state index in [2.05, 4.69) is 0 Å². The molecule has 0 saturated heterocycles. The Morgan fingerprint density at radius 3 is 2.11 bits per heavy atom. The maximum Gasteiger partial charge on any atom is 0.271 e. The van der Waals surface area contributed by atoms with Crippen molar-refractivity contribution in [3.8, 4) is 11.5 Å². The molecule has 0 atom stereocenters. The van der Waals surface area contributed by atoms with Crippen LogP contribution in [0.25, 0.3) is 5.76 Å². The summed E-state index contributed by atoms with van der Waals surface area (Å²) in [6.45, 7) is 1.05. The van der Waals surface area contributed by atoms with Crippen molar-refractivity contribution in [2.75, 3.05) is 0 Å². The van der Waals surface area contributed by atoms with Gasteiger partial charge in [0.1, 0.15) is 17.1 Å². The van der Waals surface area contributed by atoms with Gasteiger partial charge in [-0.05, 0) is 13.0 Å². The minimum atomic E-state index is -1.40. The monoisotopic (exact) mass is 264 g/mol. The number of Topliss-reactive ketones (excluding diaryl/α,β-unsaturated/α-hetero) is 3. The van der Waals surface area contributed by atoms with Gasteiger partial charge in [-0.3, -0.25) is 14.4 Å². The van der Waals surface area contributed by atoms with E-state index < -0.39 is 57.1 Å². The maximum atomic E-state index is 11.7. The lowest BCUT2D eigenvalue weighted by Gasteiger charge is -2.17. The van der Waals surface area contributed by atoms with Gasteiger partial charge in [0.2, 0.25) is 11.5 Å². The van der Waals surface area contributed by atoms with Gasteiger partial charge in [-0.25, -0.2) is 0 Å². The zero-order valence-electron chi connectivity index (χ0n) is 9.59. The van der Waals surface area contributed by atoms with Crippen LogP contribution in [0.5, 0.6) is 11.5 Å². The van der Waals surface area contributed by atoms with Crippen LogP contribution in [-0.2, 0) is 4.79 Å². The van der Waals surface area contributed by atoms with Gasteiger partial charge in [-0.15, -0.1) is 0 Å². The van der Waals surface area contributed by atoms with Crippen molar-refractivity contribution in [3.05, 3.63) is 28.5 Å². The number of aliphatic hydroxyl groups is 2. The van der Waals surface area contributed by atoms with Gasteiger partial charge < -0.3 is 20.4 Å². The first kappa shape index (κ1) is 12.6. The second-order valence-electron chi connectivity index (χ2n) is 3.95. The number of ketones is 3. The van der Waals surface area contributed by atoms with Crippen LogP contribution in [0.4, 0.5) is 0 Å². The summed E-state index contributed by atoms with van der Waals surface area (Å²) in [5, 5.41) is 38.2. The van der Waals surface area contributed by atoms with Crippen LogP contribution in [0.15, 0.2) is 11.8 Å². The quantitative estimate of drug-likeness (QED) is 0.436. The lowest BCUT2D eigenvalue weighted by molar-refractivity contribution is -0.114. The van der Waals surface area contributed by atoms with Crippen molar-refractivity contribution in [2.24, 2.45) is 0 Å². The molecule has 0 heterocycles. The lowest BCUT2D eigenvalue weighted by Crippen LogP contribution is -2.24. The van der Waals surface area contributed by atoms with Crippen LogP contribution in [0.1, 0.15) is 33.2 Å². The van der Waals surface area contributed by atoms with Gasteiger partial charge in [0, 0.05) is 5.56 Å². The van der Waals surface area contributed by atoms with E-state index in [0.717, 1.165) is 13.0 Å². The molecule has 0 bridgehead atoms. The Morgan fingerprint density at radius 1 is 1.00 bits per heavy atom. The van der Waals surface area contributed by atoms with E-state index in [0.29, 0.717) is 0 Å². The molecule has 7 nitrogen and oxygen atoms in total. The lowest BCUT2D eigenvalue weighted by atomic mass is 9.88. The number of phenols is 2. The third-order valence-corrected chi connectivity index (χ3v) is 2.76. The molecule has 0 aromatic heterocycles. The third-order valence-electron chi connectivity index (χ3n) is 2.76. The summed E-state index contributed by atoms with van der Waals surface area (Å²) in [6, 6.07) is 0.821. The molecule has 7 heteroatoms. The summed E-state index contributed by atoms with van der Waals surface area (Å²) in [5.74, 6) is -7.10. The minimum absolute atomic E-state index is 0.415. The number of fused-ring (bicyclic) bond motifs is 1. The van der Waals surface area contributed by atoms with Crippen molar-refractivity contribution >= 4 is 23.1 Å². The van der Waals surface area contributed by atoms with Crippen LogP contribution < -0.4 is 0 Å². The number of allylic oxidation sites excluding steroid dienone is 1. The van der Waals surface area contributed by atoms with Crippen LogP contribution in [-0.4, -0.2) is 37.8 Å². The highest BCUT2D eigenvalue weighted by Crippen LogP contribution is 2.39. The van der Waals surface area contributed by atoms with Gasteiger partial charge in [0.05, 0.1) is 5.56 Å². The zero-order valence-corrected chi connectivity index (χ0v) is 9.59. The molecule has 0 radical (unpaired) electrons. The first-order valence-corrected chi connectivity index (χ1v) is 5.08. The fourth-order valence-electron chi connectivity index (χ4n) is 1.87. The molecular formula is C12H8O7. The molecule has 1 aromatic carbocycles. The Hall–Kier alpha value is -2.83. The molecule has 1 aliphatic carbocycles. The average Bonchev–Trinajstić information content (AvgIpc) is 2.32. The Bertz CT molecular complexity index is 682. The van der Waals surface area contributed by atoms with Crippen molar-refractivity contribution < 1.29 is 34.8 Å². The Morgan fingerprint density at radius 2 is 1.58 bits per heavy atom. The zero-order chi connectivity index (χ0) is 14.5. The first-order valence-electron chi connectivity index (χ1n) is 5.08. The molecule has 0 amide bonds. The summed E-state index contributed by atoms with van der Waals surface area (Å²) in [5.41, 5.74) is -1.57. The molecule has 2 rings (SSSR count). The van der Waals surface area contributed by atoms with Crippen LogP contribution in [0.3, 0.4) is 0 Å². The topological polar surface area (TPSA) is 132 Å². The fourth-order valence-corrected chi connectivity index (χ4v) is 1.87. The van der Waals surface area contributed by atoms with E-state index in [-0.39, 0.29) is 0 Å². The van der Waals surface area contributed by atoms with Crippen LogP contribution >= 0.6 is 0 Å². The third kappa shape index (κ3) is 1.55. The fraction of sp³-hybridized carbons (Fsp3) is 0.0833. The predicted molar refractivity (Wildman–Crippen MR) is 61.3 cm³/mol. The first-order chi connectivity index (χ1) is 8.77. The van der Waals surface area contributed by atoms with E-state index in [1.807, 2.05) is 0 Å². The van der Waals surface area contributed by atoms with Gasteiger partial charge in [-0.1, -0.05) is 0 Å². The molecule has 0 unspecified atom stereocenters. The van der Waals surface area contributed by atoms with Crippen molar-refractivity contribution in [1.29, 1.82) is 0 Å². The van der Waals surface area contributed by atoms with Crippen molar-refractivity contribution in [3.63, 3.8) is 0 Å². The normalized spacial score (nSPS) is 14.6. The molecule has 1 aliphatic rings. The van der Waals surface area contributed by atoms with Crippen molar-refractivity contribution in [1.82, 2.24) is 0 Å². The maximum absolute atomic E-state index is 11.7. The molecule has 0 aliphatic heterocycles. The van der Waals surface area contributed by atoms with Gasteiger partial charge in [0.15, 0.2) is 11.5 Å². The average molecular weight is 264 g/mol. The highest BCUT2D eigenvalue weighted by molar-refractivity contribution is 6.52. The summed E-state index contributed by atoms with van der Waals surface area (Å²) in [6.07, 6.45) is 0. The number of hydrogen-bond donors (Lipinski definition) is 4. The number of carbonyl (C=O) groups is 3. The number of benzene rings is 1. The summed E-state index contributed by atoms with van der Waals surface area (Å²) in [7, 11) is 0. The Labute approximate surface area is 106 Å². The molecule has 1 aromatic rings. The van der Waals surface area contributed by atoms with Gasteiger partial charge in [-0.2, -0.15) is 0 Å². The highest BCUT2D eigenvalue weighted by Gasteiger charge is 2.37. The highest BCUT2D eigenvalue weighted by atomic mass is 16.3. The minimum Gasteiger partial charge on any atom is -0.507 e. The van der Waals surface area contributed by atoms with Gasteiger partial charge >= 0.3 is 0 Å². The molecule has 4 N–H and O–H groups in total. The Balaban J connectivity index is 2.92. The number of hydrogen-bond acceptors (Lipinski definition) is 7. The predicted octanol–water partition coefficient (Wildman–Crippen LogP) is 0.850. The van der Waals surface area contributed by atoms with Crippen LogP contribution in [0.2, 0.25) is 0 Å². The van der Waals surface area contributed by atoms with E-state index in [9.17, 15) is 34.8 Å². The molecular weight excluding hydrogens is 256 g/mol. The molecule has 19 heavy (non-hydrogen) atoms. The number of aromatic hydroxyl groups is 2. The molecule has 0 spiro atoms. The van der Waals surface area contributed by atoms with E-state index in [4.69, 9.17) is 0 Å². The second kappa shape index (κ2) is 3.84. The summed E-state index contributed by atoms with van der Waals surface area (Å²) < 4.78 is 0. The SMILES string of the molecule is CC(=O)c1c(O)cc2c(c1O)C(=O)C(=O)C(O)=C2O. The summed E-state index contributed by atoms with van der Waals surface area (Å²) in [4.78, 5) is 34.3. The smallest absolute Gasteiger partial charge is 0.271 e. The number of rotatable bonds is 1. The van der Waals surface area contributed by atoms with E-state index in [1.165, 1.54) is 0 Å². The largest absolute Gasteiger partial charge is 0.507 e. The van der Waals surface area contributed by atoms with Crippen LogP contribution in [0, 0.1) is 0 Å². The number of aliphatic hydroxyl groups excluding tert-OH is 2. The Kier molecular flexibility index (Phi) is 2.55. The van der Waals surface area contributed by atoms with Gasteiger partial charge in [0.25, 0.3) is 5.78 Å². The number of phenolic OH excluding ortho intramolecular Hbond substituents is 2. The van der Waals surface area contributed by atoms with E-state index >= 15 is 0 Å². The molecule has 98 valence electrons. The molecule has 0 fully saturated rings. The van der Waals surface area contributed by atoms with Crippen molar-refractivity contribution in [2.45, 2.75) is 6.92 Å². The second-order valence-corrected chi connectivity index (χ2v) is 3.95. The standard InChI is InChI=1S/C12H8O7/c1-3(13)6-5(14)2-4-7(9(6)16)10(17)12(19)11(18)8(4)15/h2,14-16,18H,1H3. The van der Waals surface area contributed by atoms with E-state index in [1.54, 1.807) is 0 Å². The summed E-state index contributed by atoms with van der Waals surface area (Å²) >= 11 is 0. The number of carbonyl (C=O) groups excluding carboxylic acids is 3.